The highest BCUT2D eigenvalue weighted by atomic mass is 19.1. The summed E-state index contributed by atoms with van der Waals surface area (Å²) >= 11 is 0. The zero-order chi connectivity index (χ0) is 19.5. The third-order valence-corrected chi connectivity index (χ3v) is 5.40. The summed E-state index contributed by atoms with van der Waals surface area (Å²) in [6.07, 6.45) is 8.67. The Morgan fingerprint density at radius 1 is 1.18 bits per heavy atom. The topological polar surface area (TPSA) is 61.9 Å². The van der Waals surface area contributed by atoms with Crippen molar-refractivity contribution in [3.8, 4) is 11.1 Å². The van der Waals surface area contributed by atoms with Crippen molar-refractivity contribution in [3.63, 3.8) is 0 Å². The second-order valence-electron chi connectivity index (χ2n) is 7.29. The number of piperidine rings is 1. The molecule has 0 unspecified atom stereocenters. The van der Waals surface area contributed by atoms with E-state index in [2.05, 4.69) is 15.2 Å². The van der Waals surface area contributed by atoms with E-state index in [0.717, 1.165) is 53.8 Å². The summed E-state index contributed by atoms with van der Waals surface area (Å²) in [5.41, 5.74) is 4.97. The monoisotopic (exact) mass is 378 g/mol. The molecule has 1 aliphatic rings. The number of benzene rings is 1. The minimum Gasteiger partial charge on any atom is -0.334 e. The van der Waals surface area contributed by atoms with Crippen LogP contribution in [0, 0.1) is 12.7 Å². The molecule has 1 fully saturated rings. The predicted molar refractivity (Wildman–Crippen MR) is 105 cm³/mol. The van der Waals surface area contributed by atoms with E-state index in [1.54, 1.807) is 18.3 Å². The highest BCUT2D eigenvalue weighted by Gasteiger charge is 2.31. The molecule has 1 aromatic carbocycles. The summed E-state index contributed by atoms with van der Waals surface area (Å²) in [4.78, 5) is 19.2. The lowest BCUT2D eigenvalue weighted by molar-refractivity contribution is -0.134. The molecule has 3 heterocycles. The second kappa shape index (κ2) is 7.92. The van der Waals surface area contributed by atoms with Gasteiger partial charge in [0.2, 0.25) is 5.91 Å². The standard InChI is InChI=1S/C22H23FN4O/c1-15-13-24-10-9-18(15)19-14-25-26-22(19)20-4-2-3-11-27(20)21(28)12-16-5-7-17(23)8-6-16/h5-10,13-14,20H,2-4,11-12H2,1H3,(H,25,26)/t20-/m0/s1. The number of likely N-dealkylation sites (tertiary alicyclic amines) is 1. The van der Waals surface area contributed by atoms with Gasteiger partial charge in [-0.3, -0.25) is 14.9 Å². The molecular formula is C22H23FN4O. The number of carbonyl (C=O) groups excluding carboxylic acids is 1. The first-order valence-electron chi connectivity index (χ1n) is 9.61. The van der Waals surface area contributed by atoms with E-state index < -0.39 is 0 Å². The maximum Gasteiger partial charge on any atom is 0.227 e. The average molecular weight is 378 g/mol. The maximum atomic E-state index is 13.2. The number of hydrogen-bond donors (Lipinski definition) is 1. The van der Waals surface area contributed by atoms with Crippen LogP contribution in [0.1, 0.15) is 42.1 Å². The molecule has 0 bridgehead atoms. The molecular weight excluding hydrogens is 355 g/mol. The number of aromatic amines is 1. The third kappa shape index (κ3) is 3.67. The molecule has 0 radical (unpaired) electrons. The van der Waals surface area contributed by atoms with Crippen molar-refractivity contribution in [2.45, 2.75) is 38.6 Å². The van der Waals surface area contributed by atoms with E-state index in [-0.39, 0.29) is 24.2 Å². The molecule has 1 N–H and O–H groups in total. The Bertz CT molecular complexity index is 967. The van der Waals surface area contributed by atoms with Gasteiger partial charge in [-0.2, -0.15) is 5.10 Å². The molecule has 1 atom stereocenters. The van der Waals surface area contributed by atoms with Crippen LogP contribution < -0.4 is 0 Å². The minimum atomic E-state index is -0.290. The van der Waals surface area contributed by atoms with E-state index in [1.165, 1.54) is 12.1 Å². The van der Waals surface area contributed by atoms with Crippen molar-refractivity contribution in [1.82, 2.24) is 20.1 Å². The van der Waals surface area contributed by atoms with Crippen molar-refractivity contribution >= 4 is 5.91 Å². The molecule has 28 heavy (non-hydrogen) atoms. The molecule has 5 nitrogen and oxygen atoms in total. The van der Waals surface area contributed by atoms with Crippen LogP contribution in [0.25, 0.3) is 11.1 Å². The number of aryl methyl sites for hydroxylation is 1. The van der Waals surface area contributed by atoms with Crippen LogP contribution in [0.15, 0.2) is 48.9 Å². The van der Waals surface area contributed by atoms with E-state index >= 15 is 0 Å². The van der Waals surface area contributed by atoms with Gasteiger partial charge in [-0.1, -0.05) is 12.1 Å². The third-order valence-electron chi connectivity index (χ3n) is 5.40. The summed E-state index contributed by atoms with van der Waals surface area (Å²) in [6.45, 7) is 2.75. The fourth-order valence-electron chi connectivity index (χ4n) is 3.95. The van der Waals surface area contributed by atoms with Crippen molar-refractivity contribution in [2.24, 2.45) is 0 Å². The Morgan fingerprint density at radius 2 is 2.00 bits per heavy atom. The number of aromatic nitrogens is 3. The molecule has 1 saturated heterocycles. The fraction of sp³-hybridized carbons (Fsp3) is 0.318. The molecule has 3 aromatic rings. The van der Waals surface area contributed by atoms with Crippen molar-refractivity contribution < 1.29 is 9.18 Å². The van der Waals surface area contributed by atoms with Gasteiger partial charge in [0.15, 0.2) is 0 Å². The number of halogens is 1. The Morgan fingerprint density at radius 3 is 2.79 bits per heavy atom. The molecule has 4 rings (SSSR count). The lowest BCUT2D eigenvalue weighted by Crippen LogP contribution is -2.39. The summed E-state index contributed by atoms with van der Waals surface area (Å²) in [5.74, 6) is -0.231. The molecule has 1 amide bonds. The van der Waals surface area contributed by atoms with Crippen molar-refractivity contribution in [1.29, 1.82) is 0 Å². The first-order valence-corrected chi connectivity index (χ1v) is 9.61. The molecule has 6 heteroatoms. The fourth-order valence-corrected chi connectivity index (χ4v) is 3.95. The zero-order valence-corrected chi connectivity index (χ0v) is 15.9. The van der Waals surface area contributed by atoms with Crippen molar-refractivity contribution in [3.05, 3.63) is 71.6 Å². The lowest BCUT2D eigenvalue weighted by atomic mass is 9.93. The van der Waals surface area contributed by atoms with Gasteiger partial charge in [-0.25, -0.2) is 4.39 Å². The number of amides is 1. The number of rotatable bonds is 4. The van der Waals surface area contributed by atoms with Crippen LogP contribution in [0.5, 0.6) is 0 Å². The van der Waals surface area contributed by atoms with E-state index in [1.807, 2.05) is 30.3 Å². The van der Waals surface area contributed by atoms with Crippen LogP contribution in [-0.4, -0.2) is 32.5 Å². The first kappa shape index (κ1) is 18.3. The molecule has 2 aromatic heterocycles. The van der Waals surface area contributed by atoms with Crippen LogP contribution >= 0.6 is 0 Å². The quantitative estimate of drug-likeness (QED) is 0.740. The van der Waals surface area contributed by atoms with Gasteiger partial charge in [0.05, 0.1) is 24.4 Å². The highest BCUT2D eigenvalue weighted by molar-refractivity contribution is 5.80. The van der Waals surface area contributed by atoms with Gasteiger partial charge < -0.3 is 4.90 Å². The Hall–Kier alpha value is -3.02. The van der Waals surface area contributed by atoms with Gasteiger partial charge in [0.25, 0.3) is 0 Å². The number of H-pyrrole nitrogens is 1. The highest BCUT2D eigenvalue weighted by Crippen LogP contribution is 2.36. The van der Waals surface area contributed by atoms with E-state index in [4.69, 9.17) is 0 Å². The van der Waals surface area contributed by atoms with Gasteiger partial charge in [0.1, 0.15) is 5.82 Å². The normalized spacial score (nSPS) is 16.9. The van der Waals surface area contributed by atoms with Gasteiger partial charge >= 0.3 is 0 Å². The number of nitrogens with zero attached hydrogens (tertiary/aromatic N) is 3. The van der Waals surface area contributed by atoms with Gasteiger partial charge in [0, 0.05) is 24.5 Å². The number of pyridine rings is 1. The van der Waals surface area contributed by atoms with Crippen LogP contribution in [0.4, 0.5) is 4.39 Å². The predicted octanol–water partition coefficient (Wildman–Crippen LogP) is 4.22. The van der Waals surface area contributed by atoms with Crippen LogP contribution in [0.2, 0.25) is 0 Å². The number of nitrogens with one attached hydrogen (secondary N) is 1. The number of carbonyl (C=O) groups is 1. The summed E-state index contributed by atoms with van der Waals surface area (Å²) in [6, 6.07) is 8.09. The smallest absolute Gasteiger partial charge is 0.227 e. The molecule has 144 valence electrons. The Kier molecular flexibility index (Phi) is 5.19. The summed E-state index contributed by atoms with van der Waals surface area (Å²) < 4.78 is 13.2. The molecule has 1 aliphatic heterocycles. The second-order valence-corrected chi connectivity index (χ2v) is 7.29. The first-order chi connectivity index (χ1) is 13.6. The Labute approximate surface area is 163 Å². The lowest BCUT2D eigenvalue weighted by Gasteiger charge is -2.36. The summed E-state index contributed by atoms with van der Waals surface area (Å²) in [5, 5.41) is 7.42. The largest absolute Gasteiger partial charge is 0.334 e. The SMILES string of the molecule is Cc1cnccc1-c1cn[nH]c1[C@@H]1CCCCN1C(=O)Cc1ccc(F)cc1. The van der Waals surface area contributed by atoms with Crippen LogP contribution in [0.3, 0.4) is 0 Å². The molecule has 0 spiro atoms. The maximum absolute atomic E-state index is 13.2. The van der Waals surface area contributed by atoms with Gasteiger partial charge in [-0.15, -0.1) is 0 Å². The minimum absolute atomic E-state index is 0.0354. The average Bonchev–Trinajstić information content (AvgIpc) is 3.19. The Balaban J connectivity index is 1.61. The molecule has 0 saturated carbocycles. The van der Waals surface area contributed by atoms with E-state index in [9.17, 15) is 9.18 Å². The zero-order valence-electron chi connectivity index (χ0n) is 15.9. The van der Waals surface area contributed by atoms with E-state index in [0.29, 0.717) is 0 Å². The number of hydrogen-bond acceptors (Lipinski definition) is 3. The summed E-state index contributed by atoms with van der Waals surface area (Å²) in [7, 11) is 0. The molecule has 0 aliphatic carbocycles. The van der Waals surface area contributed by atoms with Crippen LogP contribution in [-0.2, 0) is 11.2 Å². The van der Waals surface area contributed by atoms with Gasteiger partial charge in [-0.05, 0) is 61.1 Å². The van der Waals surface area contributed by atoms with Crippen molar-refractivity contribution in [2.75, 3.05) is 6.54 Å².